The van der Waals surface area contributed by atoms with Gasteiger partial charge >= 0.3 is 6.18 Å². The number of amides is 1. The lowest BCUT2D eigenvalue weighted by Gasteiger charge is -2.23. The lowest BCUT2D eigenvalue weighted by atomic mass is 10.2. The number of aromatic nitrogens is 1. The Kier molecular flexibility index (Phi) is 6.96. The minimum Gasteiger partial charge on any atom is -0.354 e. The van der Waals surface area contributed by atoms with Gasteiger partial charge in [-0.15, -0.1) is 0 Å². The number of carbonyl (C=O) groups excluding carboxylic acids is 1. The highest BCUT2D eigenvalue weighted by atomic mass is 35.5. The second-order valence-electron chi connectivity index (χ2n) is 7.00. The summed E-state index contributed by atoms with van der Waals surface area (Å²) >= 11 is 6.04. The number of hydrogen-bond acceptors (Lipinski definition) is 6. The molecule has 8 nitrogen and oxygen atoms in total. The van der Waals surface area contributed by atoms with Crippen molar-refractivity contribution in [2.24, 2.45) is 0 Å². The maximum atomic E-state index is 12.8. The van der Waals surface area contributed by atoms with E-state index < -0.39 is 16.7 Å². The van der Waals surface area contributed by atoms with Crippen LogP contribution in [0.5, 0.6) is 0 Å². The Labute approximate surface area is 180 Å². The molecule has 0 atom stereocenters. The molecule has 0 bridgehead atoms. The fourth-order valence-electron chi connectivity index (χ4n) is 3.23. The Balaban J connectivity index is 1.56. The minimum atomic E-state index is -4.51. The molecule has 0 aliphatic carbocycles. The minimum absolute atomic E-state index is 0.0684. The van der Waals surface area contributed by atoms with Crippen LogP contribution in [0.4, 0.5) is 30.4 Å². The van der Waals surface area contributed by atoms with E-state index in [1.165, 1.54) is 24.3 Å². The molecule has 166 valence electrons. The van der Waals surface area contributed by atoms with Crippen molar-refractivity contribution in [1.29, 1.82) is 0 Å². The van der Waals surface area contributed by atoms with Crippen LogP contribution in [0.3, 0.4) is 0 Å². The van der Waals surface area contributed by atoms with Crippen molar-refractivity contribution in [3.8, 4) is 0 Å². The molecule has 1 N–H and O–H groups in total. The number of nitrogens with zero attached hydrogens (tertiary/aromatic N) is 4. The second-order valence-corrected chi connectivity index (χ2v) is 7.40. The van der Waals surface area contributed by atoms with Crippen molar-refractivity contribution in [2.75, 3.05) is 42.9 Å². The molecular weight excluding hydrogens is 439 g/mol. The second kappa shape index (κ2) is 9.48. The summed E-state index contributed by atoms with van der Waals surface area (Å²) < 4.78 is 38.4. The van der Waals surface area contributed by atoms with Gasteiger partial charge in [-0.05, 0) is 24.6 Å². The van der Waals surface area contributed by atoms with Gasteiger partial charge in [0.2, 0.25) is 5.91 Å². The highest BCUT2D eigenvalue weighted by Gasteiger charge is 2.32. The Morgan fingerprint density at radius 3 is 2.52 bits per heavy atom. The van der Waals surface area contributed by atoms with Crippen LogP contribution in [-0.4, -0.2) is 53.4 Å². The molecule has 0 unspecified atom stereocenters. The summed E-state index contributed by atoms with van der Waals surface area (Å²) in [5.41, 5.74) is -0.519. The van der Waals surface area contributed by atoms with Crippen molar-refractivity contribution >= 4 is 34.7 Å². The van der Waals surface area contributed by atoms with E-state index in [1.54, 1.807) is 4.90 Å². The average molecular weight is 458 g/mol. The summed E-state index contributed by atoms with van der Waals surface area (Å²) in [5, 5.41) is 13.3. The molecule has 0 saturated carbocycles. The van der Waals surface area contributed by atoms with E-state index in [4.69, 9.17) is 11.6 Å². The molecule has 1 saturated heterocycles. The Bertz CT molecular complexity index is 956. The molecule has 1 aromatic heterocycles. The van der Waals surface area contributed by atoms with Gasteiger partial charge in [0.1, 0.15) is 5.82 Å². The molecule has 31 heavy (non-hydrogen) atoms. The Hall–Kier alpha value is -2.92. The van der Waals surface area contributed by atoms with Crippen molar-refractivity contribution in [3.63, 3.8) is 0 Å². The fraction of sp³-hybridized carbons (Fsp3) is 0.368. The zero-order chi connectivity index (χ0) is 22.6. The maximum absolute atomic E-state index is 12.8. The van der Waals surface area contributed by atoms with E-state index in [0.717, 1.165) is 12.3 Å². The highest BCUT2D eigenvalue weighted by molar-refractivity contribution is 6.33. The number of nitro benzene ring substituents is 1. The summed E-state index contributed by atoms with van der Waals surface area (Å²) in [4.78, 5) is 30.1. The van der Waals surface area contributed by atoms with Gasteiger partial charge in [0.15, 0.2) is 0 Å². The molecule has 0 radical (unpaired) electrons. The van der Waals surface area contributed by atoms with E-state index in [1.807, 2.05) is 4.90 Å². The molecule has 1 fully saturated rings. The van der Waals surface area contributed by atoms with Crippen LogP contribution in [0.25, 0.3) is 0 Å². The number of nitro groups is 1. The van der Waals surface area contributed by atoms with Gasteiger partial charge in [-0.2, -0.15) is 13.2 Å². The number of anilines is 2. The first-order chi connectivity index (χ1) is 14.6. The van der Waals surface area contributed by atoms with Crippen LogP contribution in [0, 0.1) is 10.1 Å². The van der Waals surface area contributed by atoms with Crippen LogP contribution in [0.15, 0.2) is 36.5 Å². The first-order valence-corrected chi connectivity index (χ1v) is 9.75. The SMILES string of the molecule is O=C(CN1CCCN(c2ncc(C(F)(F)F)cc2Cl)CC1)Nc1ccc([N+](=O)[O-])cc1. The zero-order valence-electron chi connectivity index (χ0n) is 16.2. The van der Waals surface area contributed by atoms with Gasteiger partial charge in [0.25, 0.3) is 5.69 Å². The quantitative estimate of drug-likeness (QED) is 0.542. The van der Waals surface area contributed by atoms with E-state index in [0.29, 0.717) is 38.3 Å². The van der Waals surface area contributed by atoms with Crippen LogP contribution in [0.1, 0.15) is 12.0 Å². The van der Waals surface area contributed by atoms with Gasteiger partial charge in [-0.1, -0.05) is 11.6 Å². The molecule has 2 aromatic rings. The standard InChI is InChI=1S/C19H19ClF3N5O3/c20-16-10-13(19(21,22)23)11-24-18(16)27-7-1-6-26(8-9-27)12-17(29)25-14-2-4-15(5-3-14)28(30)31/h2-5,10-11H,1,6-9,12H2,(H,25,29). The van der Waals surface area contributed by atoms with Crippen LogP contribution >= 0.6 is 11.6 Å². The molecule has 3 rings (SSSR count). The number of pyridine rings is 1. The predicted molar refractivity (Wildman–Crippen MR) is 109 cm³/mol. The van der Waals surface area contributed by atoms with E-state index in [9.17, 15) is 28.1 Å². The van der Waals surface area contributed by atoms with Gasteiger partial charge < -0.3 is 10.2 Å². The molecule has 1 aromatic carbocycles. The largest absolute Gasteiger partial charge is 0.417 e. The number of alkyl halides is 3. The molecule has 12 heteroatoms. The molecule has 2 heterocycles. The van der Waals surface area contributed by atoms with Gasteiger partial charge in [-0.25, -0.2) is 4.98 Å². The maximum Gasteiger partial charge on any atom is 0.417 e. The van der Waals surface area contributed by atoms with Crippen molar-refractivity contribution in [1.82, 2.24) is 9.88 Å². The number of benzene rings is 1. The number of halogens is 4. The monoisotopic (exact) mass is 457 g/mol. The lowest BCUT2D eigenvalue weighted by molar-refractivity contribution is -0.384. The number of rotatable bonds is 5. The zero-order valence-corrected chi connectivity index (χ0v) is 17.0. The van der Waals surface area contributed by atoms with Gasteiger partial charge in [0.05, 0.1) is 22.1 Å². The van der Waals surface area contributed by atoms with Gasteiger partial charge in [-0.3, -0.25) is 19.8 Å². The molecule has 1 amide bonds. The van der Waals surface area contributed by atoms with Gasteiger partial charge in [0, 0.05) is 50.2 Å². The lowest BCUT2D eigenvalue weighted by Crippen LogP contribution is -2.36. The summed E-state index contributed by atoms with van der Waals surface area (Å²) in [6.45, 7) is 2.20. The number of non-ortho nitro benzene ring substituents is 1. The molecule has 0 spiro atoms. The van der Waals surface area contributed by atoms with E-state index in [-0.39, 0.29) is 29.0 Å². The average Bonchev–Trinajstić information content (AvgIpc) is 2.93. The van der Waals surface area contributed by atoms with Crippen molar-refractivity contribution < 1.29 is 22.9 Å². The van der Waals surface area contributed by atoms with Crippen LogP contribution in [0.2, 0.25) is 5.02 Å². The first-order valence-electron chi connectivity index (χ1n) is 9.38. The summed E-state index contributed by atoms with van der Waals surface area (Å²) in [6, 6.07) is 6.39. The molecule has 1 aliphatic heterocycles. The smallest absolute Gasteiger partial charge is 0.354 e. The topological polar surface area (TPSA) is 91.6 Å². The van der Waals surface area contributed by atoms with E-state index >= 15 is 0 Å². The third kappa shape index (κ3) is 6.05. The first kappa shape index (κ1) is 22.8. The van der Waals surface area contributed by atoms with Crippen molar-refractivity contribution in [3.05, 3.63) is 57.2 Å². The van der Waals surface area contributed by atoms with Crippen molar-refractivity contribution in [2.45, 2.75) is 12.6 Å². The third-order valence-electron chi connectivity index (χ3n) is 4.77. The highest BCUT2D eigenvalue weighted by Crippen LogP contribution is 2.33. The van der Waals surface area contributed by atoms with E-state index in [2.05, 4.69) is 10.3 Å². The normalized spacial score (nSPS) is 15.4. The number of hydrogen-bond donors (Lipinski definition) is 1. The number of carbonyl (C=O) groups is 1. The van der Waals surface area contributed by atoms with Crippen LogP contribution in [-0.2, 0) is 11.0 Å². The number of nitrogens with one attached hydrogen (secondary N) is 1. The summed E-state index contributed by atoms with van der Waals surface area (Å²) in [6.07, 6.45) is -3.08. The Morgan fingerprint density at radius 2 is 1.90 bits per heavy atom. The van der Waals surface area contributed by atoms with Crippen LogP contribution < -0.4 is 10.2 Å². The predicted octanol–water partition coefficient (Wildman–Crippen LogP) is 3.81. The third-order valence-corrected chi connectivity index (χ3v) is 5.04. The summed E-state index contributed by atoms with van der Waals surface area (Å²) in [5.74, 6) is 0.0137. The fourth-order valence-corrected chi connectivity index (χ4v) is 3.52. The summed E-state index contributed by atoms with van der Waals surface area (Å²) in [7, 11) is 0. The Morgan fingerprint density at radius 1 is 1.19 bits per heavy atom. The molecular formula is C19H19ClF3N5O3. The molecule has 1 aliphatic rings.